The fourth-order valence-corrected chi connectivity index (χ4v) is 2.65. The highest BCUT2D eigenvalue weighted by atomic mass is 16.5. The number of aryl methyl sites for hydroxylation is 1. The van der Waals surface area contributed by atoms with Crippen LogP contribution in [0.3, 0.4) is 0 Å². The first kappa shape index (κ1) is 16.5. The number of ether oxygens (including phenoxy) is 2. The van der Waals surface area contributed by atoms with Crippen LogP contribution in [0.2, 0.25) is 0 Å². The minimum atomic E-state index is 0.290. The Kier molecular flexibility index (Phi) is 7.20. The highest BCUT2D eigenvalue weighted by molar-refractivity contribution is 5.25. The zero-order valence-electron chi connectivity index (χ0n) is 13.4. The van der Waals surface area contributed by atoms with Gasteiger partial charge in [0.25, 0.3) is 0 Å². The second-order valence-corrected chi connectivity index (χ2v) is 5.75. The Labute approximate surface area is 129 Å². The monoisotopic (exact) mass is 291 g/mol. The fraction of sp³-hybridized carbons (Fsp3) is 0.667. The van der Waals surface area contributed by atoms with Crippen molar-refractivity contribution < 1.29 is 9.47 Å². The molecule has 1 unspecified atom stereocenters. The Morgan fingerprint density at radius 2 is 1.90 bits per heavy atom. The van der Waals surface area contributed by atoms with E-state index in [0.29, 0.717) is 12.1 Å². The Hall–Kier alpha value is -0.900. The van der Waals surface area contributed by atoms with Crippen LogP contribution in [0.1, 0.15) is 50.3 Å². The third-order valence-corrected chi connectivity index (χ3v) is 4.10. The molecular formula is C18H29NO2. The second kappa shape index (κ2) is 9.19. The van der Waals surface area contributed by atoms with Gasteiger partial charge in [0.1, 0.15) is 0 Å². The molecule has 1 fully saturated rings. The maximum absolute atomic E-state index is 6.11. The molecule has 0 bridgehead atoms. The van der Waals surface area contributed by atoms with E-state index in [2.05, 4.69) is 43.4 Å². The van der Waals surface area contributed by atoms with Crippen LogP contribution in [0.5, 0.6) is 0 Å². The quantitative estimate of drug-likeness (QED) is 0.795. The van der Waals surface area contributed by atoms with Crippen molar-refractivity contribution in [3.8, 4) is 0 Å². The van der Waals surface area contributed by atoms with Gasteiger partial charge in [0, 0.05) is 13.2 Å². The molecule has 1 atom stereocenters. The van der Waals surface area contributed by atoms with Gasteiger partial charge in [0.15, 0.2) is 0 Å². The van der Waals surface area contributed by atoms with Crippen LogP contribution in [0.4, 0.5) is 0 Å². The molecule has 118 valence electrons. The van der Waals surface area contributed by atoms with Gasteiger partial charge in [-0.15, -0.1) is 0 Å². The molecule has 1 aliphatic heterocycles. The van der Waals surface area contributed by atoms with E-state index in [1.54, 1.807) is 0 Å². The van der Waals surface area contributed by atoms with Crippen LogP contribution in [0, 0.1) is 0 Å². The average Bonchev–Trinajstić information content (AvgIpc) is 2.56. The van der Waals surface area contributed by atoms with E-state index < -0.39 is 0 Å². The van der Waals surface area contributed by atoms with Crippen molar-refractivity contribution in [2.24, 2.45) is 0 Å². The first-order chi connectivity index (χ1) is 10.3. The minimum absolute atomic E-state index is 0.290. The molecule has 0 spiro atoms. The molecule has 1 aromatic rings. The van der Waals surface area contributed by atoms with Crippen LogP contribution in [0.25, 0.3) is 0 Å². The molecule has 3 nitrogen and oxygen atoms in total. The predicted octanol–water partition coefficient (Wildman–Crippen LogP) is 3.49. The second-order valence-electron chi connectivity index (χ2n) is 5.75. The third-order valence-electron chi connectivity index (χ3n) is 4.10. The Bertz CT molecular complexity index is 385. The van der Waals surface area contributed by atoms with Crippen molar-refractivity contribution in [2.75, 3.05) is 26.4 Å². The van der Waals surface area contributed by atoms with E-state index in [-0.39, 0.29) is 0 Å². The van der Waals surface area contributed by atoms with Crippen molar-refractivity contribution in [3.63, 3.8) is 0 Å². The summed E-state index contributed by atoms with van der Waals surface area (Å²) >= 11 is 0. The Morgan fingerprint density at radius 1 is 1.19 bits per heavy atom. The van der Waals surface area contributed by atoms with Gasteiger partial charge >= 0.3 is 0 Å². The number of hydrogen-bond acceptors (Lipinski definition) is 3. The van der Waals surface area contributed by atoms with Crippen molar-refractivity contribution >= 4 is 0 Å². The molecule has 2 rings (SSSR count). The largest absolute Gasteiger partial charge is 0.381 e. The molecule has 0 saturated carbocycles. The summed E-state index contributed by atoms with van der Waals surface area (Å²) in [5, 5.41) is 3.61. The fourth-order valence-electron chi connectivity index (χ4n) is 2.65. The third kappa shape index (κ3) is 5.42. The van der Waals surface area contributed by atoms with Crippen molar-refractivity contribution in [1.29, 1.82) is 0 Å². The summed E-state index contributed by atoms with van der Waals surface area (Å²) < 4.78 is 11.5. The van der Waals surface area contributed by atoms with Crippen LogP contribution in [-0.4, -0.2) is 32.5 Å². The van der Waals surface area contributed by atoms with Gasteiger partial charge in [-0.3, -0.25) is 0 Å². The summed E-state index contributed by atoms with van der Waals surface area (Å²) in [7, 11) is 0. The van der Waals surface area contributed by atoms with E-state index in [1.807, 2.05) is 0 Å². The number of nitrogens with one attached hydrogen (secondary N) is 1. The van der Waals surface area contributed by atoms with Gasteiger partial charge < -0.3 is 14.8 Å². The van der Waals surface area contributed by atoms with E-state index in [0.717, 1.165) is 52.0 Å². The zero-order chi connectivity index (χ0) is 14.9. The molecule has 0 amide bonds. The van der Waals surface area contributed by atoms with Gasteiger partial charge in [-0.05, 0) is 43.4 Å². The van der Waals surface area contributed by atoms with Crippen LogP contribution >= 0.6 is 0 Å². The normalized spacial score (nSPS) is 17.8. The molecule has 1 aliphatic rings. The number of hydrogen-bond donors (Lipinski definition) is 1. The van der Waals surface area contributed by atoms with E-state index in [1.165, 1.54) is 11.1 Å². The van der Waals surface area contributed by atoms with E-state index in [9.17, 15) is 0 Å². The first-order valence-electron chi connectivity index (χ1n) is 8.35. The molecule has 21 heavy (non-hydrogen) atoms. The highest BCUT2D eigenvalue weighted by Crippen LogP contribution is 2.18. The standard InChI is InChI=1S/C18H29NO2/c1-3-11-19-18(14-21-17-9-12-20-13-10-17)16-7-5-15(4-2)6-8-16/h5-8,17-19H,3-4,9-14H2,1-2H3. The van der Waals surface area contributed by atoms with Gasteiger partial charge in [0.05, 0.1) is 18.8 Å². The topological polar surface area (TPSA) is 30.5 Å². The summed E-state index contributed by atoms with van der Waals surface area (Å²) in [6.07, 6.45) is 4.64. The minimum Gasteiger partial charge on any atom is -0.381 e. The summed E-state index contributed by atoms with van der Waals surface area (Å²) in [5.41, 5.74) is 2.71. The SMILES string of the molecule is CCCNC(COC1CCOCC1)c1ccc(CC)cc1. The summed E-state index contributed by atoms with van der Waals surface area (Å²) in [6, 6.07) is 9.21. The highest BCUT2D eigenvalue weighted by Gasteiger charge is 2.17. The van der Waals surface area contributed by atoms with Gasteiger partial charge in [0.2, 0.25) is 0 Å². The summed E-state index contributed by atoms with van der Waals surface area (Å²) in [5.74, 6) is 0. The van der Waals surface area contributed by atoms with E-state index in [4.69, 9.17) is 9.47 Å². The van der Waals surface area contributed by atoms with Crippen molar-refractivity contribution in [3.05, 3.63) is 35.4 Å². The molecule has 0 aromatic heterocycles. The molecule has 3 heteroatoms. The van der Waals surface area contributed by atoms with E-state index >= 15 is 0 Å². The predicted molar refractivity (Wildman–Crippen MR) is 86.6 cm³/mol. The molecule has 1 heterocycles. The molecule has 1 saturated heterocycles. The van der Waals surface area contributed by atoms with Gasteiger partial charge in [-0.2, -0.15) is 0 Å². The Morgan fingerprint density at radius 3 is 2.52 bits per heavy atom. The van der Waals surface area contributed by atoms with Crippen LogP contribution < -0.4 is 5.32 Å². The molecule has 1 aromatic carbocycles. The number of benzene rings is 1. The van der Waals surface area contributed by atoms with Gasteiger partial charge in [-0.1, -0.05) is 38.1 Å². The lowest BCUT2D eigenvalue weighted by molar-refractivity contribution is -0.0383. The molecule has 0 aliphatic carbocycles. The number of rotatable bonds is 8. The molecular weight excluding hydrogens is 262 g/mol. The smallest absolute Gasteiger partial charge is 0.0665 e. The summed E-state index contributed by atoms with van der Waals surface area (Å²) in [6.45, 7) is 7.83. The lowest BCUT2D eigenvalue weighted by Crippen LogP contribution is -2.30. The maximum Gasteiger partial charge on any atom is 0.0665 e. The zero-order valence-corrected chi connectivity index (χ0v) is 13.4. The maximum atomic E-state index is 6.11. The lowest BCUT2D eigenvalue weighted by Gasteiger charge is -2.26. The van der Waals surface area contributed by atoms with Crippen LogP contribution in [0.15, 0.2) is 24.3 Å². The average molecular weight is 291 g/mol. The molecule has 1 N–H and O–H groups in total. The van der Waals surface area contributed by atoms with Crippen molar-refractivity contribution in [1.82, 2.24) is 5.32 Å². The lowest BCUT2D eigenvalue weighted by atomic mass is 10.0. The first-order valence-corrected chi connectivity index (χ1v) is 8.35. The summed E-state index contributed by atoms with van der Waals surface area (Å²) in [4.78, 5) is 0. The van der Waals surface area contributed by atoms with Crippen LogP contribution in [-0.2, 0) is 15.9 Å². The molecule has 0 radical (unpaired) electrons. The Balaban J connectivity index is 1.91. The van der Waals surface area contributed by atoms with Crippen molar-refractivity contribution in [2.45, 2.75) is 51.7 Å². The van der Waals surface area contributed by atoms with Gasteiger partial charge in [-0.25, -0.2) is 0 Å².